The number of esters is 1. The standard InChI is InChI=1S/C38H46N2O6S/c1-25(2)23-40(47(42,43)24-28-13-9-6-10-14-28)31-16-15-30-32-21-29-33(45-26(3)41)22-34(44-4)36-35(29)38(30,37(31)46-36)18-20-39(32)19-17-27-11-7-5-8-12-27/h5-14,22,25,30-32,37H,15-21,23-24H2,1-4H3/t30-,31+,32+,37-,38-/m0/s1. The Morgan fingerprint density at radius 1 is 1.04 bits per heavy atom. The molecule has 0 amide bonds. The summed E-state index contributed by atoms with van der Waals surface area (Å²) in [6.07, 6.45) is 3.79. The third kappa shape index (κ3) is 5.64. The second-order valence-electron chi connectivity index (χ2n) is 14.2. The highest BCUT2D eigenvalue weighted by Crippen LogP contribution is 2.66. The van der Waals surface area contributed by atoms with E-state index < -0.39 is 15.4 Å². The Morgan fingerprint density at radius 3 is 2.40 bits per heavy atom. The number of hydrogen-bond acceptors (Lipinski definition) is 7. The zero-order chi connectivity index (χ0) is 32.9. The molecule has 9 heteroatoms. The van der Waals surface area contributed by atoms with Gasteiger partial charge >= 0.3 is 5.97 Å². The maximum absolute atomic E-state index is 14.4. The Morgan fingerprint density at radius 2 is 1.74 bits per heavy atom. The van der Waals surface area contributed by atoms with Gasteiger partial charge in [0.2, 0.25) is 10.0 Å². The van der Waals surface area contributed by atoms with Gasteiger partial charge in [-0.15, -0.1) is 0 Å². The monoisotopic (exact) mass is 658 g/mol. The van der Waals surface area contributed by atoms with Crippen LogP contribution in [0.2, 0.25) is 0 Å². The molecule has 3 aromatic carbocycles. The third-order valence-corrected chi connectivity index (χ3v) is 12.8. The van der Waals surface area contributed by atoms with Gasteiger partial charge in [0, 0.05) is 48.7 Å². The van der Waals surface area contributed by atoms with Crippen LogP contribution < -0.4 is 14.2 Å². The predicted molar refractivity (Wildman–Crippen MR) is 181 cm³/mol. The van der Waals surface area contributed by atoms with Gasteiger partial charge in [0.25, 0.3) is 0 Å². The van der Waals surface area contributed by atoms with Crippen molar-refractivity contribution in [2.45, 2.75) is 82.2 Å². The van der Waals surface area contributed by atoms with E-state index in [9.17, 15) is 13.2 Å². The zero-order valence-corrected chi connectivity index (χ0v) is 28.7. The zero-order valence-electron chi connectivity index (χ0n) is 27.9. The van der Waals surface area contributed by atoms with Crippen molar-refractivity contribution in [3.05, 3.63) is 89.0 Å². The number of ether oxygens (including phenoxy) is 3. The Kier molecular flexibility index (Phi) is 8.60. The van der Waals surface area contributed by atoms with E-state index >= 15 is 0 Å². The van der Waals surface area contributed by atoms with Gasteiger partial charge in [0.15, 0.2) is 11.5 Å². The SMILES string of the molecule is COc1cc(OC(C)=O)c2c3c1O[C@H]1[C@H](N(CC(C)C)S(=O)(=O)Cc4ccccc4)CC[C@H]4[C@@H](C2)N(CCc2ccccc2)CC[C@@]341. The van der Waals surface area contributed by atoms with Gasteiger partial charge in [-0.25, -0.2) is 8.42 Å². The molecule has 47 heavy (non-hydrogen) atoms. The van der Waals surface area contributed by atoms with Gasteiger partial charge in [0.1, 0.15) is 11.9 Å². The number of carbonyl (C=O) groups excluding carboxylic acids is 1. The molecule has 1 saturated carbocycles. The van der Waals surface area contributed by atoms with Gasteiger partial charge in [-0.2, -0.15) is 4.31 Å². The summed E-state index contributed by atoms with van der Waals surface area (Å²) < 4.78 is 49.4. The lowest BCUT2D eigenvalue weighted by molar-refractivity contribution is -0.132. The molecule has 1 spiro atoms. The van der Waals surface area contributed by atoms with Crippen LogP contribution in [0.3, 0.4) is 0 Å². The highest BCUT2D eigenvalue weighted by molar-refractivity contribution is 7.88. The molecule has 2 bridgehead atoms. The summed E-state index contributed by atoms with van der Waals surface area (Å²) in [4.78, 5) is 15.0. The van der Waals surface area contributed by atoms with Crippen molar-refractivity contribution in [1.29, 1.82) is 0 Å². The van der Waals surface area contributed by atoms with Crippen LogP contribution in [0.25, 0.3) is 0 Å². The fourth-order valence-corrected chi connectivity index (χ4v) is 11.1. The van der Waals surface area contributed by atoms with Crippen LogP contribution in [0, 0.1) is 11.8 Å². The molecule has 0 radical (unpaired) electrons. The van der Waals surface area contributed by atoms with Crippen molar-refractivity contribution in [2.24, 2.45) is 11.8 Å². The quantitative estimate of drug-likeness (QED) is 0.191. The molecule has 0 aromatic heterocycles. The maximum Gasteiger partial charge on any atom is 0.308 e. The molecule has 7 rings (SSSR count). The van der Waals surface area contributed by atoms with Crippen LogP contribution in [0.5, 0.6) is 17.2 Å². The van der Waals surface area contributed by atoms with E-state index in [0.29, 0.717) is 23.8 Å². The third-order valence-electron chi connectivity index (χ3n) is 10.9. The molecule has 2 aliphatic heterocycles. The van der Waals surface area contributed by atoms with Crippen LogP contribution in [0.15, 0.2) is 66.7 Å². The number of hydrogen-bond donors (Lipinski definition) is 0. The Labute approximate surface area is 279 Å². The Hall–Kier alpha value is -3.40. The number of benzene rings is 3. The number of methoxy groups -OCH3 is 1. The summed E-state index contributed by atoms with van der Waals surface area (Å²) in [5.41, 5.74) is 3.77. The van der Waals surface area contributed by atoms with Gasteiger partial charge < -0.3 is 14.2 Å². The first-order valence-corrected chi connectivity index (χ1v) is 18.6. The molecular formula is C38H46N2O6S. The second kappa shape index (κ2) is 12.6. The van der Waals surface area contributed by atoms with E-state index in [1.165, 1.54) is 12.5 Å². The molecule has 3 aromatic rings. The predicted octanol–water partition coefficient (Wildman–Crippen LogP) is 5.76. The van der Waals surface area contributed by atoms with Crippen LogP contribution in [-0.4, -0.2) is 68.5 Å². The number of likely N-dealkylation sites (tertiary alicyclic amines) is 1. The van der Waals surface area contributed by atoms with Crippen molar-refractivity contribution < 1.29 is 27.4 Å². The number of carbonyl (C=O) groups is 1. The average Bonchev–Trinajstić information content (AvgIpc) is 3.39. The molecule has 5 atom stereocenters. The number of sulfonamides is 1. The molecule has 2 fully saturated rings. The van der Waals surface area contributed by atoms with Gasteiger partial charge in [-0.1, -0.05) is 74.5 Å². The lowest BCUT2D eigenvalue weighted by Gasteiger charge is -2.60. The van der Waals surface area contributed by atoms with E-state index in [1.807, 2.05) is 30.3 Å². The summed E-state index contributed by atoms with van der Waals surface area (Å²) in [7, 11) is -2.07. The molecule has 0 unspecified atom stereocenters. The van der Waals surface area contributed by atoms with E-state index in [-0.39, 0.29) is 41.7 Å². The lowest BCUT2D eigenvalue weighted by Crippen LogP contribution is -2.69. The first kappa shape index (κ1) is 32.2. The van der Waals surface area contributed by atoms with Crippen molar-refractivity contribution >= 4 is 16.0 Å². The van der Waals surface area contributed by atoms with E-state index in [2.05, 4.69) is 49.1 Å². The van der Waals surface area contributed by atoms with Gasteiger partial charge in [0.05, 0.1) is 18.9 Å². The molecule has 8 nitrogen and oxygen atoms in total. The van der Waals surface area contributed by atoms with Crippen LogP contribution in [0.4, 0.5) is 0 Å². The minimum absolute atomic E-state index is 0.0474. The van der Waals surface area contributed by atoms with Gasteiger partial charge in [-0.05, 0) is 61.6 Å². The number of piperidine rings is 1. The molecule has 2 heterocycles. The molecular weight excluding hydrogens is 612 g/mol. The summed E-state index contributed by atoms with van der Waals surface area (Å²) in [6, 6.07) is 21.7. The summed E-state index contributed by atoms with van der Waals surface area (Å²) >= 11 is 0. The minimum Gasteiger partial charge on any atom is -0.493 e. The van der Waals surface area contributed by atoms with Crippen molar-refractivity contribution in [3.63, 3.8) is 0 Å². The van der Waals surface area contributed by atoms with E-state index in [0.717, 1.165) is 61.9 Å². The van der Waals surface area contributed by atoms with Crippen LogP contribution in [-0.2, 0) is 38.8 Å². The highest BCUT2D eigenvalue weighted by Gasteiger charge is 2.67. The van der Waals surface area contributed by atoms with Crippen LogP contribution in [0.1, 0.15) is 62.3 Å². The molecule has 0 N–H and O–H groups in total. The molecule has 250 valence electrons. The number of rotatable bonds is 11. The Balaban J connectivity index is 1.32. The maximum atomic E-state index is 14.4. The highest BCUT2D eigenvalue weighted by atomic mass is 32.2. The first-order valence-electron chi connectivity index (χ1n) is 17.0. The molecule has 4 aliphatic rings. The molecule has 1 saturated heterocycles. The Bertz CT molecular complexity index is 1730. The normalized spacial score (nSPS) is 26.2. The fraction of sp³-hybridized carbons (Fsp3) is 0.500. The number of nitrogens with zero attached hydrogens (tertiary/aromatic N) is 2. The smallest absolute Gasteiger partial charge is 0.308 e. The van der Waals surface area contributed by atoms with E-state index in [1.54, 1.807) is 17.5 Å². The van der Waals surface area contributed by atoms with E-state index in [4.69, 9.17) is 14.2 Å². The first-order chi connectivity index (χ1) is 22.6. The average molecular weight is 659 g/mol. The lowest BCUT2D eigenvalue weighted by atomic mass is 9.51. The van der Waals surface area contributed by atoms with Crippen molar-refractivity contribution in [1.82, 2.24) is 9.21 Å². The summed E-state index contributed by atoms with van der Waals surface area (Å²) in [6.45, 7) is 7.83. The van der Waals surface area contributed by atoms with Crippen LogP contribution >= 0.6 is 0 Å². The van der Waals surface area contributed by atoms with Gasteiger partial charge in [-0.3, -0.25) is 9.69 Å². The fourth-order valence-electron chi connectivity index (χ4n) is 9.21. The van der Waals surface area contributed by atoms with Crippen molar-refractivity contribution in [2.75, 3.05) is 26.7 Å². The largest absolute Gasteiger partial charge is 0.493 e. The minimum atomic E-state index is -3.68. The second-order valence-corrected chi connectivity index (χ2v) is 16.1. The topological polar surface area (TPSA) is 85.4 Å². The molecule has 2 aliphatic carbocycles. The summed E-state index contributed by atoms with van der Waals surface area (Å²) in [5.74, 6) is 1.75. The summed E-state index contributed by atoms with van der Waals surface area (Å²) in [5, 5.41) is 0. The van der Waals surface area contributed by atoms with Crippen molar-refractivity contribution in [3.8, 4) is 17.2 Å².